The second-order valence-electron chi connectivity index (χ2n) is 5.49. The van der Waals surface area contributed by atoms with Crippen LogP contribution in [0.1, 0.15) is 31.7 Å². The molecule has 1 saturated carbocycles. The van der Waals surface area contributed by atoms with Crippen molar-refractivity contribution in [3.8, 4) is 6.07 Å². The average Bonchev–Trinajstić information content (AvgIpc) is 3.24. The molecule has 0 bridgehead atoms. The second-order valence-corrected chi connectivity index (χ2v) is 7.59. The Kier molecular flexibility index (Phi) is 4.46. The molecule has 1 fully saturated rings. The lowest BCUT2D eigenvalue weighted by atomic mass is 10.0. The zero-order valence-electron chi connectivity index (χ0n) is 11.7. The summed E-state index contributed by atoms with van der Waals surface area (Å²) in [5, 5.41) is 12.0. The highest BCUT2D eigenvalue weighted by molar-refractivity contribution is 7.91. The summed E-state index contributed by atoms with van der Waals surface area (Å²) in [6.07, 6.45) is 3.65. The summed E-state index contributed by atoms with van der Waals surface area (Å²) in [6.45, 7) is 3.57. The molecule has 1 aromatic rings. The molecule has 0 unspecified atom stereocenters. The van der Waals surface area contributed by atoms with Crippen LogP contribution >= 0.6 is 0 Å². The van der Waals surface area contributed by atoms with Gasteiger partial charge in [-0.3, -0.25) is 0 Å². The van der Waals surface area contributed by atoms with Gasteiger partial charge in [-0.2, -0.15) is 5.26 Å². The van der Waals surface area contributed by atoms with Crippen LogP contribution in [0.5, 0.6) is 0 Å². The van der Waals surface area contributed by atoms with Crippen LogP contribution < -0.4 is 5.32 Å². The lowest BCUT2D eigenvalue weighted by molar-refractivity contribution is 0.450. The topological polar surface area (TPSA) is 70.0 Å². The highest BCUT2D eigenvalue weighted by Gasteiger charge is 2.39. The predicted octanol–water partition coefficient (Wildman–Crippen LogP) is 2.11. The maximum atomic E-state index is 12.1. The van der Waals surface area contributed by atoms with Crippen molar-refractivity contribution in [2.24, 2.45) is 5.41 Å². The molecule has 0 radical (unpaired) electrons. The third-order valence-corrected chi connectivity index (χ3v) is 5.83. The Hall–Kier alpha value is -1.38. The van der Waals surface area contributed by atoms with Crippen LogP contribution in [0.4, 0.5) is 0 Å². The summed E-state index contributed by atoms with van der Waals surface area (Å²) in [5.74, 6) is 0.0959. The van der Waals surface area contributed by atoms with Gasteiger partial charge in [0, 0.05) is 13.1 Å². The van der Waals surface area contributed by atoms with Crippen molar-refractivity contribution in [2.75, 3.05) is 18.8 Å². The molecule has 2 rings (SSSR count). The van der Waals surface area contributed by atoms with Crippen LogP contribution in [0.2, 0.25) is 0 Å². The number of nitrogens with zero attached hydrogens (tertiary/aromatic N) is 1. The largest absolute Gasteiger partial charge is 0.315 e. The summed E-state index contributed by atoms with van der Waals surface area (Å²) in [4.78, 5) is 0.287. The van der Waals surface area contributed by atoms with E-state index >= 15 is 0 Å². The number of nitriles is 1. The van der Waals surface area contributed by atoms with Gasteiger partial charge < -0.3 is 5.32 Å². The van der Waals surface area contributed by atoms with E-state index in [1.807, 2.05) is 6.07 Å². The highest BCUT2D eigenvalue weighted by atomic mass is 32.2. The van der Waals surface area contributed by atoms with Crippen molar-refractivity contribution >= 4 is 9.84 Å². The predicted molar refractivity (Wildman–Crippen MR) is 78.0 cm³/mol. The van der Waals surface area contributed by atoms with E-state index in [1.54, 1.807) is 0 Å². The first-order chi connectivity index (χ1) is 9.51. The Bertz CT molecular complexity index is 596. The molecule has 0 atom stereocenters. The van der Waals surface area contributed by atoms with E-state index in [0.717, 1.165) is 13.0 Å². The second kappa shape index (κ2) is 5.94. The van der Waals surface area contributed by atoms with Crippen LogP contribution in [-0.4, -0.2) is 27.3 Å². The summed E-state index contributed by atoms with van der Waals surface area (Å²) in [7, 11) is -3.26. The van der Waals surface area contributed by atoms with Crippen molar-refractivity contribution in [1.82, 2.24) is 5.32 Å². The Balaban J connectivity index is 1.85. The standard InChI is InChI=1S/C15H20N2O2S/c1-2-15(7-8-15)12-17-9-10-20(18,19)14-5-3-13(11-16)4-6-14/h3-6,17H,2,7-10,12H2,1H3. The van der Waals surface area contributed by atoms with E-state index in [0.29, 0.717) is 17.5 Å². The fraction of sp³-hybridized carbons (Fsp3) is 0.533. The molecule has 0 aromatic heterocycles. The molecule has 0 heterocycles. The van der Waals surface area contributed by atoms with Gasteiger partial charge in [-0.05, 0) is 48.9 Å². The van der Waals surface area contributed by atoms with Gasteiger partial charge in [0.05, 0.1) is 22.3 Å². The Morgan fingerprint density at radius 1 is 1.30 bits per heavy atom. The van der Waals surface area contributed by atoms with E-state index in [9.17, 15) is 8.42 Å². The Morgan fingerprint density at radius 3 is 2.45 bits per heavy atom. The zero-order valence-corrected chi connectivity index (χ0v) is 12.5. The summed E-state index contributed by atoms with van der Waals surface area (Å²) in [5.41, 5.74) is 0.902. The maximum absolute atomic E-state index is 12.1. The average molecular weight is 292 g/mol. The summed E-state index contributed by atoms with van der Waals surface area (Å²) >= 11 is 0. The number of nitrogens with one attached hydrogen (secondary N) is 1. The molecule has 1 N–H and O–H groups in total. The van der Waals surface area contributed by atoms with E-state index in [1.165, 1.54) is 37.1 Å². The Labute approximate surface area is 120 Å². The highest BCUT2D eigenvalue weighted by Crippen LogP contribution is 2.47. The Morgan fingerprint density at radius 2 is 1.95 bits per heavy atom. The number of rotatable bonds is 7. The van der Waals surface area contributed by atoms with Crippen LogP contribution in [0.15, 0.2) is 29.2 Å². The van der Waals surface area contributed by atoms with Gasteiger partial charge in [0.2, 0.25) is 0 Å². The monoisotopic (exact) mass is 292 g/mol. The molecule has 5 heteroatoms. The molecule has 1 aliphatic rings. The van der Waals surface area contributed by atoms with Crippen molar-refractivity contribution in [2.45, 2.75) is 31.1 Å². The zero-order chi connectivity index (χ0) is 14.6. The molecule has 0 amide bonds. The van der Waals surface area contributed by atoms with Gasteiger partial charge in [-0.15, -0.1) is 0 Å². The molecule has 0 spiro atoms. The van der Waals surface area contributed by atoms with Gasteiger partial charge in [0.1, 0.15) is 0 Å². The van der Waals surface area contributed by atoms with Crippen LogP contribution in [-0.2, 0) is 9.84 Å². The van der Waals surface area contributed by atoms with Crippen molar-refractivity contribution < 1.29 is 8.42 Å². The quantitative estimate of drug-likeness (QED) is 0.781. The van der Waals surface area contributed by atoms with Gasteiger partial charge >= 0.3 is 0 Å². The fourth-order valence-corrected chi connectivity index (χ4v) is 3.45. The minimum Gasteiger partial charge on any atom is -0.315 e. The first kappa shape index (κ1) is 15.0. The number of sulfone groups is 1. The van der Waals surface area contributed by atoms with Crippen LogP contribution in [0.3, 0.4) is 0 Å². The number of benzene rings is 1. The summed E-state index contributed by atoms with van der Waals surface area (Å²) < 4.78 is 24.2. The lowest BCUT2D eigenvalue weighted by Crippen LogP contribution is -2.28. The molecular formula is C15H20N2O2S. The van der Waals surface area contributed by atoms with Gasteiger partial charge in [0.15, 0.2) is 9.84 Å². The first-order valence-electron chi connectivity index (χ1n) is 6.95. The number of hydrogen-bond donors (Lipinski definition) is 1. The van der Waals surface area contributed by atoms with E-state index < -0.39 is 9.84 Å². The molecule has 0 saturated heterocycles. The maximum Gasteiger partial charge on any atom is 0.179 e. The molecule has 1 aliphatic carbocycles. The van der Waals surface area contributed by atoms with Crippen molar-refractivity contribution in [3.63, 3.8) is 0 Å². The molecule has 108 valence electrons. The minimum atomic E-state index is -3.26. The van der Waals surface area contributed by atoms with E-state index in [-0.39, 0.29) is 10.6 Å². The van der Waals surface area contributed by atoms with Crippen molar-refractivity contribution in [1.29, 1.82) is 5.26 Å². The minimum absolute atomic E-state index is 0.0959. The van der Waals surface area contributed by atoms with Gasteiger partial charge in [0.25, 0.3) is 0 Å². The smallest absolute Gasteiger partial charge is 0.179 e. The van der Waals surface area contributed by atoms with Gasteiger partial charge in [-0.1, -0.05) is 6.92 Å². The molecule has 4 nitrogen and oxygen atoms in total. The third-order valence-electron chi connectivity index (χ3n) is 4.10. The van der Waals surface area contributed by atoms with Crippen LogP contribution in [0.25, 0.3) is 0 Å². The normalized spacial score (nSPS) is 16.6. The first-order valence-corrected chi connectivity index (χ1v) is 8.60. The fourth-order valence-electron chi connectivity index (χ4n) is 2.25. The molecule has 0 aliphatic heterocycles. The SMILES string of the molecule is CCC1(CNCCS(=O)(=O)c2ccc(C#N)cc2)CC1. The number of hydrogen-bond acceptors (Lipinski definition) is 4. The van der Waals surface area contributed by atoms with Crippen molar-refractivity contribution in [3.05, 3.63) is 29.8 Å². The lowest BCUT2D eigenvalue weighted by Gasteiger charge is -2.13. The van der Waals surface area contributed by atoms with Gasteiger partial charge in [-0.25, -0.2) is 8.42 Å². The molecule has 1 aromatic carbocycles. The van der Waals surface area contributed by atoms with Crippen LogP contribution in [0, 0.1) is 16.7 Å². The van der Waals surface area contributed by atoms with E-state index in [2.05, 4.69) is 12.2 Å². The summed E-state index contributed by atoms with van der Waals surface area (Å²) in [6, 6.07) is 8.06. The molecule has 20 heavy (non-hydrogen) atoms. The van der Waals surface area contributed by atoms with E-state index in [4.69, 9.17) is 5.26 Å². The third kappa shape index (κ3) is 3.59. The molecular weight excluding hydrogens is 272 g/mol.